The monoisotopic (exact) mass is 182 g/mol. The van der Waals surface area contributed by atoms with Gasteiger partial charge in [-0.2, -0.15) is 0 Å². The highest BCUT2D eigenvalue weighted by molar-refractivity contribution is 5.01. The summed E-state index contributed by atoms with van der Waals surface area (Å²) in [6.45, 7) is 6.23. The molecule has 1 saturated carbocycles. The summed E-state index contributed by atoms with van der Waals surface area (Å²) >= 11 is 0. The van der Waals surface area contributed by atoms with E-state index in [1.54, 1.807) is 0 Å². The molecule has 0 saturated heterocycles. The Morgan fingerprint density at radius 3 is 2.92 bits per heavy atom. The lowest BCUT2D eigenvalue weighted by atomic mass is 9.81. The lowest BCUT2D eigenvalue weighted by Crippen LogP contribution is -2.25. The van der Waals surface area contributed by atoms with Gasteiger partial charge in [-0.25, -0.2) is 0 Å². The van der Waals surface area contributed by atoms with Gasteiger partial charge in [0.2, 0.25) is 0 Å². The van der Waals surface area contributed by atoms with Crippen molar-refractivity contribution in [3.8, 4) is 0 Å². The summed E-state index contributed by atoms with van der Waals surface area (Å²) < 4.78 is 0. The molecule has 1 nitrogen and oxygen atoms in total. The van der Waals surface area contributed by atoms with Crippen LogP contribution in [0.25, 0.3) is 0 Å². The minimum atomic E-state index is -0.0534. The van der Waals surface area contributed by atoms with Crippen LogP contribution in [0.1, 0.15) is 51.9 Å². The summed E-state index contributed by atoms with van der Waals surface area (Å²) in [5.41, 5.74) is 1.34. The molecule has 0 heterocycles. The normalized spacial score (nSPS) is 29.2. The van der Waals surface area contributed by atoms with Crippen molar-refractivity contribution in [3.05, 3.63) is 12.2 Å². The van der Waals surface area contributed by atoms with Crippen molar-refractivity contribution in [1.29, 1.82) is 0 Å². The van der Waals surface area contributed by atoms with Crippen molar-refractivity contribution in [3.63, 3.8) is 0 Å². The van der Waals surface area contributed by atoms with Crippen molar-refractivity contribution in [1.82, 2.24) is 0 Å². The average molecular weight is 182 g/mol. The fraction of sp³-hybridized carbons (Fsp3) is 0.833. The third-order valence-corrected chi connectivity index (χ3v) is 3.07. The molecular formula is C12H22O. The first kappa shape index (κ1) is 10.8. The molecule has 0 amide bonds. The van der Waals surface area contributed by atoms with E-state index < -0.39 is 0 Å². The van der Waals surface area contributed by atoms with E-state index in [4.69, 9.17) is 0 Å². The largest absolute Gasteiger partial charge is 0.393 e. The Kier molecular flexibility index (Phi) is 4.51. The van der Waals surface area contributed by atoms with Crippen LogP contribution in [0, 0.1) is 5.92 Å². The molecule has 1 rings (SSSR count). The number of hydrogen-bond donors (Lipinski definition) is 1. The SMILES string of the molecule is C=C1CCC(O)C(CCCCC)C1. The van der Waals surface area contributed by atoms with Gasteiger partial charge in [0.1, 0.15) is 0 Å². The molecule has 0 bridgehead atoms. The number of aliphatic hydroxyl groups is 1. The molecule has 13 heavy (non-hydrogen) atoms. The summed E-state index contributed by atoms with van der Waals surface area (Å²) in [5, 5.41) is 9.74. The molecule has 1 aliphatic carbocycles. The standard InChI is InChI=1S/C12H22O/c1-3-4-5-6-11-9-10(2)7-8-12(11)13/h11-13H,2-9H2,1H3. The van der Waals surface area contributed by atoms with Gasteiger partial charge >= 0.3 is 0 Å². The molecule has 0 aliphatic heterocycles. The summed E-state index contributed by atoms with van der Waals surface area (Å²) in [6.07, 6.45) is 8.01. The second-order valence-electron chi connectivity index (χ2n) is 4.32. The van der Waals surface area contributed by atoms with Crippen molar-refractivity contribution in [2.24, 2.45) is 5.92 Å². The highest BCUT2D eigenvalue weighted by Crippen LogP contribution is 2.31. The van der Waals surface area contributed by atoms with Crippen LogP contribution >= 0.6 is 0 Å². The van der Waals surface area contributed by atoms with Crippen LogP contribution < -0.4 is 0 Å². The zero-order valence-electron chi connectivity index (χ0n) is 8.76. The Bertz CT molecular complexity index is 163. The Morgan fingerprint density at radius 1 is 1.46 bits per heavy atom. The van der Waals surface area contributed by atoms with Gasteiger partial charge in [-0.1, -0.05) is 38.3 Å². The molecule has 2 atom stereocenters. The molecule has 1 N–H and O–H groups in total. The maximum absolute atomic E-state index is 9.74. The quantitative estimate of drug-likeness (QED) is 0.522. The maximum atomic E-state index is 9.74. The van der Waals surface area contributed by atoms with Gasteiger partial charge < -0.3 is 5.11 Å². The van der Waals surface area contributed by atoms with Gasteiger partial charge in [0.25, 0.3) is 0 Å². The van der Waals surface area contributed by atoms with E-state index in [1.807, 2.05) is 0 Å². The Balaban J connectivity index is 2.25. The first-order valence-corrected chi connectivity index (χ1v) is 5.58. The van der Waals surface area contributed by atoms with Crippen LogP contribution in [0.2, 0.25) is 0 Å². The van der Waals surface area contributed by atoms with Gasteiger partial charge in [0.05, 0.1) is 6.10 Å². The molecule has 1 fully saturated rings. The van der Waals surface area contributed by atoms with Crippen LogP contribution in [0.4, 0.5) is 0 Å². The molecule has 0 radical (unpaired) electrons. The topological polar surface area (TPSA) is 20.2 Å². The van der Waals surface area contributed by atoms with Gasteiger partial charge in [0.15, 0.2) is 0 Å². The first-order chi connectivity index (χ1) is 6.24. The van der Waals surface area contributed by atoms with E-state index in [9.17, 15) is 5.11 Å². The minimum Gasteiger partial charge on any atom is -0.393 e. The van der Waals surface area contributed by atoms with E-state index in [2.05, 4.69) is 13.5 Å². The number of allylic oxidation sites excluding steroid dienone is 1. The predicted octanol–water partition coefficient (Wildman–Crippen LogP) is 3.28. The Hall–Kier alpha value is -0.300. The fourth-order valence-electron chi connectivity index (χ4n) is 2.15. The zero-order valence-corrected chi connectivity index (χ0v) is 8.76. The fourth-order valence-corrected chi connectivity index (χ4v) is 2.15. The Labute approximate surface area is 81.9 Å². The summed E-state index contributed by atoms with van der Waals surface area (Å²) in [4.78, 5) is 0. The Morgan fingerprint density at radius 2 is 2.23 bits per heavy atom. The molecule has 76 valence electrons. The van der Waals surface area contributed by atoms with E-state index >= 15 is 0 Å². The average Bonchev–Trinajstić information content (AvgIpc) is 2.11. The highest BCUT2D eigenvalue weighted by Gasteiger charge is 2.23. The smallest absolute Gasteiger partial charge is 0.0574 e. The van der Waals surface area contributed by atoms with E-state index in [0.717, 1.165) is 19.3 Å². The van der Waals surface area contributed by atoms with Crippen LogP contribution in [-0.2, 0) is 0 Å². The molecule has 0 aromatic carbocycles. The second kappa shape index (κ2) is 5.43. The lowest BCUT2D eigenvalue weighted by Gasteiger charge is -2.29. The predicted molar refractivity (Wildman–Crippen MR) is 56.6 cm³/mol. The second-order valence-corrected chi connectivity index (χ2v) is 4.32. The van der Waals surface area contributed by atoms with E-state index in [-0.39, 0.29) is 6.10 Å². The summed E-state index contributed by atoms with van der Waals surface area (Å²) in [5.74, 6) is 0.507. The van der Waals surface area contributed by atoms with Gasteiger partial charge in [0, 0.05) is 0 Å². The summed E-state index contributed by atoms with van der Waals surface area (Å²) in [6, 6.07) is 0. The molecule has 1 aliphatic rings. The lowest BCUT2D eigenvalue weighted by molar-refractivity contribution is 0.0790. The maximum Gasteiger partial charge on any atom is 0.0574 e. The molecule has 0 aromatic heterocycles. The van der Waals surface area contributed by atoms with Crippen LogP contribution in [0.15, 0.2) is 12.2 Å². The third kappa shape index (κ3) is 3.51. The van der Waals surface area contributed by atoms with Gasteiger partial charge in [-0.15, -0.1) is 0 Å². The van der Waals surface area contributed by atoms with Crippen LogP contribution in [0.3, 0.4) is 0 Å². The number of rotatable bonds is 4. The molecule has 1 heteroatoms. The zero-order chi connectivity index (χ0) is 9.68. The molecule has 0 spiro atoms. The van der Waals surface area contributed by atoms with Gasteiger partial charge in [-0.3, -0.25) is 0 Å². The first-order valence-electron chi connectivity index (χ1n) is 5.58. The molecule has 2 unspecified atom stereocenters. The number of unbranched alkanes of at least 4 members (excludes halogenated alkanes) is 2. The van der Waals surface area contributed by atoms with Gasteiger partial charge in [-0.05, 0) is 31.6 Å². The third-order valence-electron chi connectivity index (χ3n) is 3.07. The van der Waals surface area contributed by atoms with Crippen molar-refractivity contribution in [2.45, 2.75) is 58.0 Å². The molecule has 0 aromatic rings. The molecular weight excluding hydrogens is 160 g/mol. The van der Waals surface area contributed by atoms with Crippen molar-refractivity contribution < 1.29 is 5.11 Å². The minimum absolute atomic E-state index is 0.0534. The van der Waals surface area contributed by atoms with Crippen molar-refractivity contribution in [2.75, 3.05) is 0 Å². The number of aliphatic hydroxyl groups excluding tert-OH is 1. The number of hydrogen-bond acceptors (Lipinski definition) is 1. The summed E-state index contributed by atoms with van der Waals surface area (Å²) in [7, 11) is 0. The van der Waals surface area contributed by atoms with E-state index in [1.165, 1.54) is 31.3 Å². The van der Waals surface area contributed by atoms with Crippen LogP contribution in [-0.4, -0.2) is 11.2 Å². The van der Waals surface area contributed by atoms with Crippen molar-refractivity contribution >= 4 is 0 Å². The van der Waals surface area contributed by atoms with Crippen LogP contribution in [0.5, 0.6) is 0 Å². The highest BCUT2D eigenvalue weighted by atomic mass is 16.3. The van der Waals surface area contributed by atoms with E-state index in [0.29, 0.717) is 5.92 Å².